The van der Waals surface area contributed by atoms with E-state index in [-0.39, 0.29) is 18.0 Å². The van der Waals surface area contributed by atoms with E-state index in [1.54, 1.807) is 0 Å². The zero-order valence-electron chi connectivity index (χ0n) is 16.9. The lowest BCUT2D eigenvalue weighted by Gasteiger charge is -2.38. The van der Waals surface area contributed by atoms with Crippen molar-refractivity contribution in [3.63, 3.8) is 0 Å². The molecule has 0 spiro atoms. The molecule has 0 fully saturated rings. The first-order chi connectivity index (χ1) is 14.1. The Labute approximate surface area is 171 Å². The molecule has 0 aromatic heterocycles. The SMILES string of the molecule is CC(C)NC(=O)c1cccc2c1NC(c1cccc3ccccc13)C1CC=CC21. The van der Waals surface area contributed by atoms with Crippen molar-refractivity contribution < 1.29 is 4.79 Å². The van der Waals surface area contributed by atoms with Crippen LogP contribution in [0.2, 0.25) is 0 Å². The van der Waals surface area contributed by atoms with Crippen LogP contribution in [0.4, 0.5) is 5.69 Å². The Hall–Kier alpha value is -3.07. The molecule has 3 heteroatoms. The molecule has 146 valence electrons. The highest BCUT2D eigenvalue weighted by Gasteiger charge is 2.39. The summed E-state index contributed by atoms with van der Waals surface area (Å²) in [6.07, 6.45) is 5.67. The third-order valence-corrected chi connectivity index (χ3v) is 6.22. The first-order valence-corrected chi connectivity index (χ1v) is 10.5. The molecule has 3 aromatic carbocycles. The minimum Gasteiger partial charge on any atom is -0.377 e. The predicted molar refractivity (Wildman–Crippen MR) is 119 cm³/mol. The number of rotatable bonds is 3. The fraction of sp³-hybridized carbons (Fsp3) is 0.269. The first-order valence-electron chi connectivity index (χ1n) is 10.5. The molecule has 2 N–H and O–H groups in total. The Balaban J connectivity index is 1.64. The number of para-hydroxylation sites is 1. The van der Waals surface area contributed by atoms with Gasteiger partial charge >= 0.3 is 0 Å². The fourth-order valence-corrected chi connectivity index (χ4v) is 4.98. The second kappa shape index (κ2) is 7.07. The average molecular weight is 383 g/mol. The van der Waals surface area contributed by atoms with Gasteiger partial charge in [0, 0.05) is 12.0 Å². The molecule has 3 unspecified atom stereocenters. The highest BCUT2D eigenvalue weighted by Crippen LogP contribution is 2.51. The van der Waals surface area contributed by atoms with Gasteiger partial charge in [-0.05, 0) is 54.2 Å². The number of anilines is 1. The number of carbonyl (C=O) groups excluding carboxylic acids is 1. The van der Waals surface area contributed by atoms with Crippen LogP contribution in [0.25, 0.3) is 10.8 Å². The maximum atomic E-state index is 12.9. The van der Waals surface area contributed by atoms with E-state index >= 15 is 0 Å². The maximum absolute atomic E-state index is 12.9. The molecular formula is C26H26N2O. The molecule has 0 bridgehead atoms. The molecule has 3 nitrogen and oxygen atoms in total. The van der Waals surface area contributed by atoms with Crippen molar-refractivity contribution in [2.45, 2.75) is 38.3 Å². The summed E-state index contributed by atoms with van der Waals surface area (Å²) in [5, 5.41) is 9.39. The second-order valence-corrected chi connectivity index (χ2v) is 8.44. The van der Waals surface area contributed by atoms with Gasteiger partial charge in [0.1, 0.15) is 0 Å². The Bertz CT molecular complexity index is 1110. The van der Waals surface area contributed by atoms with E-state index < -0.39 is 0 Å². The standard InChI is InChI=1S/C26H26N2O/c1-16(2)27-26(29)23-15-7-14-22-19-11-6-13-21(19)24(28-25(22)23)20-12-5-9-17-8-3-4-10-18(17)20/h3-12,14-16,19,21,24,28H,13H2,1-2H3,(H,27,29). The Kier molecular flexibility index (Phi) is 4.39. The van der Waals surface area contributed by atoms with E-state index in [9.17, 15) is 4.79 Å². The molecule has 0 saturated heterocycles. The normalized spacial score (nSPS) is 22.2. The van der Waals surface area contributed by atoms with E-state index in [0.717, 1.165) is 17.7 Å². The molecule has 29 heavy (non-hydrogen) atoms. The van der Waals surface area contributed by atoms with Crippen LogP contribution in [0, 0.1) is 5.92 Å². The van der Waals surface area contributed by atoms with Gasteiger partial charge in [0.15, 0.2) is 0 Å². The van der Waals surface area contributed by atoms with Crippen LogP contribution in [0.3, 0.4) is 0 Å². The van der Waals surface area contributed by atoms with E-state index in [1.807, 2.05) is 26.0 Å². The number of nitrogens with one attached hydrogen (secondary N) is 2. The van der Waals surface area contributed by atoms with Gasteiger partial charge in [-0.2, -0.15) is 0 Å². The predicted octanol–water partition coefficient (Wildman–Crippen LogP) is 5.80. The zero-order valence-corrected chi connectivity index (χ0v) is 16.9. The molecule has 0 saturated carbocycles. The lowest BCUT2D eigenvalue weighted by molar-refractivity contribution is 0.0943. The lowest BCUT2D eigenvalue weighted by atomic mass is 9.75. The van der Waals surface area contributed by atoms with Crippen LogP contribution in [0.5, 0.6) is 0 Å². The van der Waals surface area contributed by atoms with Crippen LogP contribution in [0.15, 0.2) is 72.8 Å². The van der Waals surface area contributed by atoms with Crippen molar-refractivity contribution in [3.05, 3.63) is 89.5 Å². The largest absolute Gasteiger partial charge is 0.377 e. The van der Waals surface area contributed by atoms with Crippen LogP contribution < -0.4 is 10.6 Å². The van der Waals surface area contributed by atoms with Crippen LogP contribution in [0.1, 0.15) is 53.7 Å². The number of allylic oxidation sites excluding steroid dienone is 2. The molecule has 1 aliphatic heterocycles. The highest BCUT2D eigenvalue weighted by molar-refractivity contribution is 6.01. The lowest BCUT2D eigenvalue weighted by Crippen LogP contribution is -2.34. The van der Waals surface area contributed by atoms with Crippen molar-refractivity contribution in [2.24, 2.45) is 5.92 Å². The van der Waals surface area contributed by atoms with Gasteiger partial charge < -0.3 is 10.6 Å². The van der Waals surface area contributed by atoms with Crippen molar-refractivity contribution in [1.82, 2.24) is 5.32 Å². The second-order valence-electron chi connectivity index (χ2n) is 8.44. The fourth-order valence-electron chi connectivity index (χ4n) is 4.98. The van der Waals surface area contributed by atoms with Crippen LogP contribution in [-0.4, -0.2) is 11.9 Å². The molecule has 1 heterocycles. The molecular weight excluding hydrogens is 356 g/mol. The van der Waals surface area contributed by atoms with Crippen molar-refractivity contribution in [3.8, 4) is 0 Å². The summed E-state index contributed by atoms with van der Waals surface area (Å²) in [7, 11) is 0. The number of hydrogen-bond acceptors (Lipinski definition) is 2. The molecule has 3 atom stereocenters. The minimum atomic E-state index is -0.0125. The van der Waals surface area contributed by atoms with Gasteiger partial charge in [-0.1, -0.05) is 66.7 Å². The van der Waals surface area contributed by atoms with Crippen LogP contribution >= 0.6 is 0 Å². The van der Waals surface area contributed by atoms with Gasteiger partial charge in [0.25, 0.3) is 5.91 Å². The Morgan fingerprint density at radius 1 is 1.00 bits per heavy atom. The highest BCUT2D eigenvalue weighted by atomic mass is 16.1. The van der Waals surface area contributed by atoms with E-state index in [4.69, 9.17) is 0 Å². The molecule has 5 rings (SSSR count). The Morgan fingerprint density at radius 3 is 2.62 bits per heavy atom. The van der Waals surface area contributed by atoms with Gasteiger partial charge in [0.2, 0.25) is 0 Å². The quantitative estimate of drug-likeness (QED) is 0.562. The smallest absolute Gasteiger partial charge is 0.253 e. The van der Waals surface area contributed by atoms with E-state index in [0.29, 0.717) is 11.8 Å². The molecule has 2 aliphatic rings. The van der Waals surface area contributed by atoms with E-state index in [2.05, 4.69) is 71.3 Å². The third kappa shape index (κ3) is 3.02. The summed E-state index contributed by atoms with van der Waals surface area (Å²) in [6, 6.07) is 21.5. The zero-order chi connectivity index (χ0) is 20.0. The number of benzene rings is 3. The average Bonchev–Trinajstić information content (AvgIpc) is 3.22. The summed E-state index contributed by atoms with van der Waals surface area (Å²) in [5.41, 5.74) is 4.26. The summed E-state index contributed by atoms with van der Waals surface area (Å²) in [4.78, 5) is 12.9. The number of carbonyl (C=O) groups is 1. The van der Waals surface area contributed by atoms with Crippen molar-refractivity contribution in [2.75, 3.05) is 5.32 Å². The molecule has 1 amide bonds. The van der Waals surface area contributed by atoms with Crippen molar-refractivity contribution in [1.29, 1.82) is 0 Å². The van der Waals surface area contributed by atoms with Gasteiger partial charge in [-0.3, -0.25) is 4.79 Å². The summed E-state index contributed by atoms with van der Waals surface area (Å²) in [6.45, 7) is 3.99. The summed E-state index contributed by atoms with van der Waals surface area (Å²) in [5.74, 6) is 0.778. The monoisotopic (exact) mass is 382 g/mol. The van der Waals surface area contributed by atoms with E-state index in [1.165, 1.54) is 21.9 Å². The molecule has 3 aromatic rings. The first kappa shape index (κ1) is 18.0. The number of hydrogen-bond donors (Lipinski definition) is 2. The summed E-state index contributed by atoms with van der Waals surface area (Å²) < 4.78 is 0. The number of amides is 1. The number of fused-ring (bicyclic) bond motifs is 4. The third-order valence-electron chi connectivity index (χ3n) is 6.22. The van der Waals surface area contributed by atoms with Crippen molar-refractivity contribution >= 4 is 22.4 Å². The molecule has 0 radical (unpaired) electrons. The van der Waals surface area contributed by atoms with Crippen LogP contribution in [-0.2, 0) is 0 Å². The molecule has 1 aliphatic carbocycles. The van der Waals surface area contributed by atoms with Gasteiger partial charge in [-0.15, -0.1) is 0 Å². The van der Waals surface area contributed by atoms with Gasteiger partial charge in [0.05, 0.1) is 17.3 Å². The minimum absolute atomic E-state index is 0.0125. The maximum Gasteiger partial charge on any atom is 0.253 e. The van der Waals surface area contributed by atoms with Gasteiger partial charge in [-0.25, -0.2) is 0 Å². The summed E-state index contributed by atoms with van der Waals surface area (Å²) >= 11 is 0. The topological polar surface area (TPSA) is 41.1 Å². The Morgan fingerprint density at radius 2 is 1.76 bits per heavy atom.